The van der Waals surface area contributed by atoms with Gasteiger partial charge >= 0.3 is 0 Å². The first-order chi connectivity index (χ1) is 13.1. The van der Waals surface area contributed by atoms with Crippen molar-refractivity contribution in [2.45, 2.75) is 20.3 Å². The van der Waals surface area contributed by atoms with Crippen LogP contribution in [0.2, 0.25) is 0 Å². The predicted molar refractivity (Wildman–Crippen MR) is 107 cm³/mol. The van der Waals surface area contributed by atoms with Crippen molar-refractivity contribution in [2.24, 2.45) is 0 Å². The van der Waals surface area contributed by atoms with Crippen molar-refractivity contribution >= 4 is 17.2 Å². The molecule has 1 N–H and O–H groups in total. The topological polar surface area (TPSA) is 59.3 Å². The zero-order chi connectivity index (χ0) is 18.8. The highest BCUT2D eigenvalue weighted by molar-refractivity contribution is 6.04. The van der Waals surface area contributed by atoms with Gasteiger partial charge in [-0.2, -0.15) is 0 Å². The van der Waals surface area contributed by atoms with Crippen molar-refractivity contribution in [2.75, 3.05) is 5.32 Å². The third-order valence-electron chi connectivity index (χ3n) is 4.49. The number of aryl methyl sites for hydroxylation is 2. The minimum absolute atomic E-state index is 0.166. The summed E-state index contributed by atoms with van der Waals surface area (Å²) in [5.41, 5.74) is 6.26. The Morgan fingerprint density at radius 3 is 2.56 bits per heavy atom. The largest absolute Gasteiger partial charge is 0.322 e. The molecule has 0 aliphatic carbocycles. The Kier molecular flexibility index (Phi) is 4.42. The van der Waals surface area contributed by atoms with Gasteiger partial charge in [0.15, 0.2) is 0 Å². The maximum Gasteiger partial charge on any atom is 0.257 e. The van der Waals surface area contributed by atoms with Gasteiger partial charge in [0.2, 0.25) is 0 Å². The lowest BCUT2D eigenvalue weighted by atomic mass is 10.1. The Morgan fingerprint density at radius 1 is 1.04 bits per heavy atom. The van der Waals surface area contributed by atoms with Gasteiger partial charge < -0.3 is 9.72 Å². The minimum atomic E-state index is -0.166. The average Bonchev–Trinajstić information content (AvgIpc) is 3.11. The molecule has 134 valence electrons. The van der Waals surface area contributed by atoms with E-state index in [0.717, 1.165) is 34.7 Å². The van der Waals surface area contributed by atoms with Crippen LogP contribution in [-0.2, 0) is 6.42 Å². The molecule has 0 atom stereocenters. The molecule has 0 bridgehead atoms. The van der Waals surface area contributed by atoms with E-state index in [1.165, 1.54) is 5.56 Å². The predicted octanol–water partition coefficient (Wildman–Crippen LogP) is 4.52. The van der Waals surface area contributed by atoms with E-state index in [9.17, 15) is 4.79 Å². The first-order valence-electron chi connectivity index (χ1n) is 8.94. The fourth-order valence-corrected chi connectivity index (χ4v) is 2.94. The molecule has 0 radical (unpaired) electrons. The number of nitrogens with zero attached hydrogens (tertiary/aromatic N) is 3. The molecule has 0 unspecified atom stereocenters. The molecule has 1 amide bonds. The minimum Gasteiger partial charge on any atom is -0.322 e. The summed E-state index contributed by atoms with van der Waals surface area (Å²) in [7, 11) is 0. The third-order valence-corrected chi connectivity index (χ3v) is 4.49. The fourth-order valence-electron chi connectivity index (χ4n) is 2.94. The first kappa shape index (κ1) is 17.0. The van der Waals surface area contributed by atoms with Crippen molar-refractivity contribution in [3.05, 3.63) is 83.9 Å². The number of nitrogens with one attached hydrogen (secondary N) is 1. The number of aromatic nitrogens is 3. The quantitative estimate of drug-likeness (QED) is 0.585. The molecular weight excluding hydrogens is 336 g/mol. The number of imidazole rings is 1. The highest BCUT2D eigenvalue weighted by atomic mass is 16.1. The lowest BCUT2D eigenvalue weighted by molar-refractivity contribution is 0.102. The molecule has 0 fully saturated rings. The third kappa shape index (κ3) is 3.58. The van der Waals surface area contributed by atoms with Crippen molar-refractivity contribution in [1.29, 1.82) is 0 Å². The maximum atomic E-state index is 12.4. The second kappa shape index (κ2) is 7.03. The van der Waals surface area contributed by atoms with Gasteiger partial charge in [-0.25, -0.2) is 4.98 Å². The molecule has 0 saturated carbocycles. The molecule has 4 aromatic rings. The molecule has 0 saturated heterocycles. The Hall–Kier alpha value is -3.47. The highest BCUT2D eigenvalue weighted by Crippen LogP contribution is 2.22. The van der Waals surface area contributed by atoms with Crippen molar-refractivity contribution in [3.63, 3.8) is 0 Å². The Labute approximate surface area is 157 Å². The summed E-state index contributed by atoms with van der Waals surface area (Å²) >= 11 is 0. The lowest BCUT2D eigenvalue weighted by Gasteiger charge is -2.06. The van der Waals surface area contributed by atoms with Crippen LogP contribution < -0.4 is 5.32 Å². The number of benzene rings is 1. The van der Waals surface area contributed by atoms with Crippen LogP contribution in [0.4, 0.5) is 5.69 Å². The zero-order valence-corrected chi connectivity index (χ0v) is 15.3. The van der Waals surface area contributed by atoms with Crippen LogP contribution in [0.3, 0.4) is 0 Å². The summed E-state index contributed by atoms with van der Waals surface area (Å²) in [6, 6.07) is 15.4. The number of amides is 1. The molecule has 5 nitrogen and oxygen atoms in total. The van der Waals surface area contributed by atoms with E-state index in [-0.39, 0.29) is 5.91 Å². The number of hydrogen-bond acceptors (Lipinski definition) is 3. The van der Waals surface area contributed by atoms with E-state index in [2.05, 4.69) is 28.4 Å². The van der Waals surface area contributed by atoms with Gasteiger partial charge in [-0.3, -0.25) is 9.78 Å². The first-order valence-corrected chi connectivity index (χ1v) is 8.94. The maximum absolute atomic E-state index is 12.4. The number of carbonyl (C=O) groups is 1. The molecule has 5 heteroatoms. The summed E-state index contributed by atoms with van der Waals surface area (Å²) in [4.78, 5) is 21.3. The van der Waals surface area contributed by atoms with Crippen LogP contribution in [0.5, 0.6) is 0 Å². The molecule has 0 aliphatic rings. The van der Waals surface area contributed by atoms with Gasteiger partial charge in [0, 0.05) is 35.5 Å². The molecular formula is C22H20N4O. The SMILES string of the molecule is CCc1ccc(C(=O)Nc2ccc(-c3cn4cc(C)ccc4n3)cc2)cn1. The summed E-state index contributed by atoms with van der Waals surface area (Å²) in [6.07, 6.45) is 6.53. The summed E-state index contributed by atoms with van der Waals surface area (Å²) in [6.45, 7) is 4.09. The van der Waals surface area contributed by atoms with Crippen LogP contribution >= 0.6 is 0 Å². The van der Waals surface area contributed by atoms with Gasteiger partial charge in [-0.05, 0) is 49.2 Å². The number of fused-ring (bicyclic) bond motifs is 1. The second-order valence-electron chi connectivity index (χ2n) is 6.52. The van der Waals surface area contributed by atoms with E-state index in [1.807, 2.05) is 60.0 Å². The number of rotatable bonds is 4. The van der Waals surface area contributed by atoms with Gasteiger partial charge in [0.1, 0.15) is 5.65 Å². The molecule has 1 aromatic carbocycles. The lowest BCUT2D eigenvalue weighted by Crippen LogP contribution is -2.12. The van der Waals surface area contributed by atoms with Gasteiger partial charge in [-0.1, -0.05) is 25.1 Å². The average molecular weight is 356 g/mol. The van der Waals surface area contributed by atoms with Gasteiger partial charge in [-0.15, -0.1) is 0 Å². The normalized spacial score (nSPS) is 10.9. The van der Waals surface area contributed by atoms with E-state index in [4.69, 9.17) is 0 Å². The summed E-state index contributed by atoms with van der Waals surface area (Å²) < 4.78 is 2.02. The summed E-state index contributed by atoms with van der Waals surface area (Å²) in [5.74, 6) is -0.166. The van der Waals surface area contributed by atoms with Crippen LogP contribution in [0, 0.1) is 6.92 Å². The van der Waals surface area contributed by atoms with Crippen LogP contribution in [0.25, 0.3) is 16.9 Å². The number of hydrogen-bond donors (Lipinski definition) is 1. The second-order valence-corrected chi connectivity index (χ2v) is 6.52. The molecule has 0 spiro atoms. The molecule has 3 heterocycles. The highest BCUT2D eigenvalue weighted by Gasteiger charge is 2.08. The zero-order valence-electron chi connectivity index (χ0n) is 15.3. The van der Waals surface area contributed by atoms with Crippen molar-refractivity contribution in [1.82, 2.24) is 14.4 Å². The Morgan fingerprint density at radius 2 is 1.85 bits per heavy atom. The number of pyridine rings is 2. The molecule has 27 heavy (non-hydrogen) atoms. The van der Waals surface area contributed by atoms with Crippen LogP contribution in [-0.4, -0.2) is 20.3 Å². The molecule has 3 aromatic heterocycles. The van der Waals surface area contributed by atoms with Crippen LogP contribution in [0.15, 0.2) is 67.1 Å². The number of anilines is 1. The van der Waals surface area contributed by atoms with E-state index >= 15 is 0 Å². The van der Waals surface area contributed by atoms with E-state index in [1.54, 1.807) is 12.3 Å². The molecule has 0 aliphatic heterocycles. The smallest absolute Gasteiger partial charge is 0.257 e. The van der Waals surface area contributed by atoms with E-state index < -0.39 is 0 Å². The van der Waals surface area contributed by atoms with Gasteiger partial charge in [0.05, 0.1) is 11.3 Å². The standard InChI is InChI=1S/C22H20N4O/c1-3-18-8-7-17(12-23-18)22(27)24-19-9-5-16(6-10-19)20-14-26-13-15(2)4-11-21(26)25-20/h4-14H,3H2,1-2H3,(H,24,27). The Balaban J connectivity index is 1.51. The summed E-state index contributed by atoms with van der Waals surface area (Å²) in [5, 5.41) is 2.90. The fraction of sp³-hybridized carbons (Fsp3) is 0.136. The van der Waals surface area contributed by atoms with E-state index in [0.29, 0.717) is 5.56 Å². The Bertz CT molecular complexity index is 1100. The van der Waals surface area contributed by atoms with Crippen molar-refractivity contribution in [3.8, 4) is 11.3 Å². The number of carbonyl (C=O) groups excluding carboxylic acids is 1. The molecule has 4 rings (SSSR count). The van der Waals surface area contributed by atoms with Crippen LogP contribution in [0.1, 0.15) is 28.5 Å². The van der Waals surface area contributed by atoms with Crippen molar-refractivity contribution < 1.29 is 4.79 Å². The monoisotopic (exact) mass is 356 g/mol. The van der Waals surface area contributed by atoms with Gasteiger partial charge in [0.25, 0.3) is 5.91 Å².